The molecular weight excluding hydrogens is 486 g/mol. The zero-order valence-electron chi connectivity index (χ0n) is 19.1. The number of nitrogens with one attached hydrogen (secondary N) is 1. The highest BCUT2D eigenvalue weighted by Crippen LogP contribution is 2.43. The summed E-state index contributed by atoms with van der Waals surface area (Å²) >= 11 is 7.76. The number of oxazole rings is 1. The molecule has 8 nitrogen and oxygen atoms in total. The predicted octanol–water partition coefficient (Wildman–Crippen LogP) is 5.64. The maximum atomic E-state index is 13.1. The lowest BCUT2D eigenvalue weighted by Crippen LogP contribution is -2.40. The van der Waals surface area contributed by atoms with Crippen molar-refractivity contribution in [3.63, 3.8) is 0 Å². The minimum atomic E-state index is -0.252. The predicted molar refractivity (Wildman–Crippen MR) is 137 cm³/mol. The van der Waals surface area contributed by atoms with Gasteiger partial charge in [-0.25, -0.2) is 9.97 Å². The lowest BCUT2D eigenvalue weighted by molar-refractivity contribution is -0.127. The molecule has 0 bridgehead atoms. The third kappa shape index (κ3) is 4.49. The Morgan fingerprint density at radius 3 is 2.89 bits per heavy atom. The second-order valence-electron chi connectivity index (χ2n) is 8.47. The van der Waals surface area contributed by atoms with Crippen LogP contribution in [0.2, 0.25) is 5.02 Å². The molecule has 3 aromatic heterocycles. The van der Waals surface area contributed by atoms with E-state index in [-0.39, 0.29) is 17.9 Å². The number of hydrogen-bond donors (Lipinski definition) is 1. The third-order valence-electron chi connectivity index (χ3n) is 6.32. The Morgan fingerprint density at radius 1 is 1.34 bits per heavy atom. The van der Waals surface area contributed by atoms with E-state index in [1.165, 1.54) is 23.8 Å². The Hall–Kier alpha value is -3.43. The van der Waals surface area contributed by atoms with Gasteiger partial charge in [0.2, 0.25) is 11.9 Å². The van der Waals surface area contributed by atoms with Crippen LogP contribution in [0, 0.1) is 5.92 Å². The molecule has 1 fully saturated rings. The molecule has 0 atom stereocenters. The van der Waals surface area contributed by atoms with Gasteiger partial charge in [-0.2, -0.15) is 0 Å². The van der Waals surface area contributed by atoms with Gasteiger partial charge in [0, 0.05) is 19.1 Å². The Labute approximate surface area is 211 Å². The van der Waals surface area contributed by atoms with Crippen LogP contribution in [-0.2, 0) is 4.79 Å². The minimum absolute atomic E-state index is 0.0515. The van der Waals surface area contributed by atoms with E-state index in [2.05, 4.69) is 26.4 Å². The normalized spacial score (nSPS) is 17.2. The fourth-order valence-electron chi connectivity index (χ4n) is 4.51. The van der Waals surface area contributed by atoms with E-state index in [1.54, 1.807) is 18.3 Å². The van der Waals surface area contributed by atoms with Crippen molar-refractivity contribution in [3.05, 3.63) is 65.5 Å². The SMILES string of the molecule is C=CC(=O)N(CC)C[C@H]1C[C@@H](n2c(NC(=O)c3ccc(-c4cnco4)s3)nc3c(Cl)cccc32)C1. The monoisotopic (exact) mass is 509 g/mol. The first-order valence-corrected chi connectivity index (χ1v) is 12.6. The third-order valence-corrected chi connectivity index (χ3v) is 7.73. The van der Waals surface area contributed by atoms with Crippen LogP contribution in [0.25, 0.3) is 21.7 Å². The fourth-order valence-corrected chi connectivity index (χ4v) is 5.58. The highest BCUT2D eigenvalue weighted by Gasteiger charge is 2.35. The molecule has 3 heterocycles. The summed E-state index contributed by atoms with van der Waals surface area (Å²) in [4.78, 5) is 36.9. The lowest BCUT2D eigenvalue weighted by Gasteiger charge is -2.39. The standard InChI is InChI=1S/C25H24ClN5O3S/c1-3-22(32)30(4-2)13-15-10-16(11-15)31-18-7-5-6-17(26)23(18)28-25(31)29-24(33)21-9-8-20(35-21)19-12-27-14-34-19/h3,5-9,12,14-16H,1,4,10-11,13H2,2H3,(H,28,29,33)/t15-,16+. The summed E-state index contributed by atoms with van der Waals surface area (Å²) in [7, 11) is 0. The maximum Gasteiger partial charge on any atom is 0.268 e. The van der Waals surface area contributed by atoms with E-state index in [9.17, 15) is 9.59 Å². The summed E-state index contributed by atoms with van der Waals surface area (Å²) in [6.45, 7) is 6.90. The van der Waals surface area contributed by atoms with Crippen LogP contribution in [0.15, 0.2) is 60.0 Å². The Bertz CT molecular complexity index is 1390. The smallest absolute Gasteiger partial charge is 0.268 e. The molecule has 4 aromatic rings. The Kier molecular flexibility index (Phi) is 6.44. The molecule has 5 rings (SSSR count). The molecule has 1 N–H and O–H groups in total. The van der Waals surface area contributed by atoms with E-state index >= 15 is 0 Å². The van der Waals surface area contributed by atoms with Gasteiger partial charge in [0.1, 0.15) is 5.52 Å². The van der Waals surface area contributed by atoms with Crippen molar-refractivity contribution in [2.75, 3.05) is 18.4 Å². The number of carbonyl (C=O) groups excluding carboxylic acids is 2. The van der Waals surface area contributed by atoms with Crippen molar-refractivity contribution >= 4 is 51.7 Å². The summed E-state index contributed by atoms with van der Waals surface area (Å²) in [6.07, 6.45) is 6.08. The summed E-state index contributed by atoms with van der Waals surface area (Å²) in [5, 5.41) is 3.52. The first-order valence-electron chi connectivity index (χ1n) is 11.4. The number of fused-ring (bicyclic) bond motifs is 1. The number of nitrogens with zero attached hydrogens (tertiary/aromatic N) is 4. The highest BCUT2D eigenvalue weighted by molar-refractivity contribution is 7.17. The lowest BCUT2D eigenvalue weighted by atomic mass is 9.79. The van der Waals surface area contributed by atoms with Crippen molar-refractivity contribution in [1.82, 2.24) is 19.4 Å². The fraction of sp³-hybridized carbons (Fsp3) is 0.280. The van der Waals surface area contributed by atoms with E-state index < -0.39 is 0 Å². The number of likely N-dealkylation sites (N-methyl/N-ethyl adjacent to an activating group) is 1. The zero-order chi connectivity index (χ0) is 24.5. The number of aromatic nitrogens is 3. The number of rotatable bonds is 8. The summed E-state index contributed by atoms with van der Waals surface area (Å²) in [5.41, 5.74) is 1.53. The van der Waals surface area contributed by atoms with Crippen molar-refractivity contribution in [1.29, 1.82) is 0 Å². The van der Waals surface area contributed by atoms with Crippen molar-refractivity contribution in [2.24, 2.45) is 5.92 Å². The van der Waals surface area contributed by atoms with Gasteiger partial charge < -0.3 is 13.9 Å². The number of halogens is 1. The number of benzene rings is 1. The number of amides is 2. The number of imidazole rings is 1. The molecule has 0 saturated heterocycles. The molecular formula is C25H24ClN5O3S. The van der Waals surface area contributed by atoms with Gasteiger partial charge in [-0.1, -0.05) is 24.2 Å². The molecule has 0 unspecified atom stereocenters. The number of hydrogen-bond acceptors (Lipinski definition) is 6. The molecule has 0 spiro atoms. The van der Waals surface area contributed by atoms with E-state index in [0.717, 1.165) is 23.2 Å². The summed E-state index contributed by atoms with van der Waals surface area (Å²) in [5.74, 6) is 1.14. The molecule has 0 aliphatic heterocycles. The second-order valence-corrected chi connectivity index (χ2v) is 9.96. The van der Waals surface area contributed by atoms with Crippen LogP contribution >= 0.6 is 22.9 Å². The molecule has 1 aliphatic carbocycles. The van der Waals surface area contributed by atoms with Gasteiger partial charge in [-0.05, 0) is 56.0 Å². The molecule has 1 aliphatic rings. The van der Waals surface area contributed by atoms with Gasteiger partial charge in [-0.3, -0.25) is 14.9 Å². The maximum absolute atomic E-state index is 13.1. The molecule has 10 heteroatoms. The second kappa shape index (κ2) is 9.67. The van der Waals surface area contributed by atoms with Crippen LogP contribution in [0.4, 0.5) is 5.95 Å². The quantitative estimate of drug-likeness (QED) is 0.310. The molecule has 35 heavy (non-hydrogen) atoms. The van der Waals surface area contributed by atoms with Crippen LogP contribution in [0.1, 0.15) is 35.5 Å². The highest BCUT2D eigenvalue weighted by atomic mass is 35.5. The molecule has 2 amide bonds. The Balaban J connectivity index is 1.38. The molecule has 1 saturated carbocycles. The van der Waals surface area contributed by atoms with Gasteiger partial charge in [0.05, 0.1) is 26.5 Å². The van der Waals surface area contributed by atoms with E-state index in [1.807, 2.05) is 30.0 Å². The number of carbonyl (C=O) groups is 2. The molecule has 1 aromatic carbocycles. The van der Waals surface area contributed by atoms with Crippen LogP contribution < -0.4 is 5.32 Å². The number of thiophene rings is 1. The minimum Gasteiger partial charge on any atom is -0.443 e. The average molecular weight is 510 g/mol. The van der Waals surface area contributed by atoms with Gasteiger partial charge in [0.25, 0.3) is 5.91 Å². The largest absolute Gasteiger partial charge is 0.443 e. The van der Waals surface area contributed by atoms with Gasteiger partial charge in [0.15, 0.2) is 12.2 Å². The molecule has 0 radical (unpaired) electrons. The Morgan fingerprint density at radius 2 is 2.17 bits per heavy atom. The first kappa shape index (κ1) is 23.3. The van der Waals surface area contributed by atoms with Crippen LogP contribution in [0.5, 0.6) is 0 Å². The number of para-hydroxylation sites is 1. The summed E-state index contributed by atoms with van der Waals surface area (Å²) < 4.78 is 7.39. The van der Waals surface area contributed by atoms with E-state index in [0.29, 0.717) is 46.1 Å². The van der Waals surface area contributed by atoms with Crippen LogP contribution in [-0.4, -0.2) is 44.3 Å². The van der Waals surface area contributed by atoms with Gasteiger partial charge >= 0.3 is 0 Å². The van der Waals surface area contributed by atoms with Crippen molar-refractivity contribution in [2.45, 2.75) is 25.8 Å². The van der Waals surface area contributed by atoms with Crippen LogP contribution in [0.3, 0.4) is 0 Å². The zero-order valence-corrected chi connectivity index (χ0v) is 20.7. The van der Waals surface area contributed by atoms with E-state index in [4.69, 9.17) is 16.0 Å². The summed E-state index contributed by atoms with van der Waals surface area (Å²) in [6, 6.07) is 9.37. The van der Waals surface area contributed by atoms with Gasteiger partial charge in [-0.15, -0.1) is 11.3 Å². The van der Waals surface area contributed by atoms with Crippen molar-refractivity contribution in [3.8, 4) is 10.6 Å². The average Bonchev–Trinajstić information content (AvgIpc) is 3.58. The molecule has 180 valence electrons. The topological polar surface area (TPSA) is 93.3 Å². The first-order chi connectivity index (χ1) is 17.0. The van der Waals surface area contributed by atoms with Crippen molar-refractivity contribution < 1.29 is 14.0 Å². The number of anilines is 1.